The van der Waals surface area contributed by atoms with Crippen molar-refractivity contribution >= 4 is 11.7 Å². The number of furan rings is 1. The van der Waals surface area contributed by atoms with Crippen molar-refractivity contribution in [1.82, 2.24) is 0 Å². The Morgan fingerprint density at radius 1 is 1.38 bits per heavy atom. The van der Waals surface area contributed by atoms with Crippen molar-refractivity contribution < 1.29 is 9.21 Å². The summed E-state index contributed by atoms with van der Waals surface area (Å²) >= 11 is 0. The number of anilines is 1. The van der Waals surface area contributed by atoms with Crippen molar-refractivity contribution in [2.45, 2.75) is 38.6 Å². The standard InChI is InChI=1S/C13H17NO2/c1-9(15)12-6-7-13(16-12)14(11-4-5-11)8-10-2-3-10/h6-7,10-11H,2-5,8H2,1H3. The number of hydrogen-bond acceptors (Lipinski definition) is 3. The molecule has 0 atom stereocenters. The van der Waals surface area contributed by atoms with Gasteiger partial charge in [-0.25, -0.2) is 0 Å². The van der Waals surface area contributed by atoms with E-state index in [0.717, 1.165) is 18.3 Å². The number of carbonyl (C=O) groups is 1. The Hall–Kier alpha value is -1.25. The topological polar surface area (TPSA) is 33.5 Å². The van der Waals surface area contributed by atoms with E-state index in [4.69, 9.17) is 4.42 Å². The predicted octanol–water partition coefficient (Wildman–Crippen LogP) is 2.86. The minimum atomic E-state index is 0.00780. The third-order valence-electron chi connectivity index (χ3n) is 3.36. The highest BCUT2D eigenvalue weighted by Crippen LogP contribution is 2.38. The Balaban J connectivity index is 1.77. The van der Waals surface area contributed by atoms with Gasteiger partial charge in [-0.05, 0) is 37.7 Å². The van der Waals surface area contributed by atoms with Gasteiger partial charge in [-0.1, -0.05) is 0 Å². The van der Waals surface area contributed by atoms with Gasteiger partial charge < -0.3 is 9.32 Å². The average molecular weight is 219 g/mol. The molecule has 3 heteroatoms. The molecule has 0 saturated heterocycles. The molecule has 0 aromatic carbocycles. The summed E-state index contributed by atoms with van der Waals surface area (Å²) in [4.78, 5) is 13.5. The molecule has 1 aromatic heterocycles. The van der Waals surface area contributed by atoms with Crippen LogP contribution in [0.3, 0.4) is 0 Å². The Bertz CT molecular complexity index is 402. The average Bonchev–Trinajstić information content (AvgIpc) is 3.14. The Kier molecular flexibility index (Phi) is 2.27. The molecule has 2 fully saturated rings. The molecule has 1 aromatic rings. The second kappa shape index (κ2) is 3.65. The van der Waals surface area contributed by atoms with Crippen molar-refractivity contribution in [2.24, 2.45) is 5.92 Å². The molecule has 2 aliphatic rings. The maximum absolute atomic E-state index is 11.2. The van der Waals surface area contributed by atoms with Gasteiger partial charge in [-0.2, -0.15) is 0 Å². The van der Waals surface area contributed by atoms with Crippen molar-refractivity contribution in [3.05, 3.63) is 17.9 Å². The first-order valence-electron chi connectivity index (χ1n) is 6.11. The fourth-order valence-corrected chi connectivity index (χ4v) is 2.06. The lowest BCUT2D eigenvalue weighted by molar-refractivity contribution is 0.0987. The number of Topliss-reactive ketones (excluding diaryl/α,β-unsaturated/α-hetero) is 1. The maximum atomic E-state index is 11.2. The largest absolute Gasteiger partial charge is 0.437 e. The van der Waals surface area contributed by atoms with E-state index in [1.807, 2.05) is 6.07 Å². The van der Waals surface area contributed by atoms with Crippen LogP contribution in [0.15, 0.2) is 16.5 Å². The summed E-state index contributed by atoms with van der Waals surface area (Å²) in [6, 6.07) is 4.39. The fraction of sp³-hybridized carbons (Fsp3) is 0.615. The van der Waals surface area contributed by atoms with Gasteiger partial charge in [-0.3, -0.25) is 4.79 Å². The number of ketones is 1. The number of hydrogen-bond donors (Lipinski definition) is 0. The van der Waals surface area contributed by atoms with Crippen molar-refractivity contribution in [3.8, 4) is 0 Å². The summed E-state index contributed by atoms with van der Waals surface area (Å²) < 4.78 is 5.61. The quantitative estimate of drug-likeness (QED) is 0.714. The summed E-state index contributed by atoms with van der Waals surface area (Å²) in [5.74, 6) is 2.23. The molecular formula is C13H17NO2. The molecule has 0 unspecified atom stereocenters. The number of rotatable bonds is 5. The van der Waals surface area contributed by atoms with E-state index in [1.54, 1.807) is 13.0 Å². The summed E-state index contributed by atoms with van der Waals surface area (Å²) in [6.45, 7) is 2.65. The van der Waals surface area contributed by atoms with Crippen LogP contribution in [0.2, 0.25) is 0 Å². The lowest BCUT2D eigenvalue weighted by Gasteiger charge is -2.21. The second-order valence-corrected chi connectivity index (χ2v) is 5.02. The predicted molar refractivity (Wildman–Crippen MR) is 61.8 cm³/mol. The van der Waals surface area contributed by atoms with Crippen LogP contribution in [0.5, 0.6) is 0 Å². The first-order valence-corrected chi connectivity index (χ1v) is 6.11. The zero-order valence-corrected chi connectivity index (χ0v) is 9.61. The molecule has 86 valence electrons. The number of nitrogens with zero attached hydrogens (tertiary/aromatic N) is 1. The molecular weight excluding hydrogens is 202 g/mol. The monoisotopic (exact) mass is 219 g/mol. The van der Waals surface area contributed by atoms with Gasteiger partial charge in [0.15, 0.2) is 17.4 Å². The lowest BCUT2D eigenvalue weighted by Crippen LogP contribution is -2.27. The lowest BCUT2D eigenvalue weighted by atomic mass is 10.3. The van der Waals surface area contributed by atoms with E-state index >= 15 is 0 Å². The molecule has 0 aliphatic heterocycles. The minimum absolute atomic E-state index is 0.00780. The molecule has 0 radical (unpaired) electrons. The van der Waals surface area contributed by atoms with Crippen LogP contribution in [-0.2, 0) is 0 Å². The van der Waals surface area contributed by atoms with Crippen LogP contribution in [0.1, 0.15) is 43.2 Å². The Morgan fingerprint density at radius 2 is 2.12 bits per heavy atom. The van der Waals surface area contributed by atoms with Crippen LogP contribution in [0, 0.1) is 5.92 Å². The van der Waals surface area contributed by atoms with E-state index in [9.17, 15) is 4.79 Å². The van der Waals surface area contributed by atoms with Crippen LogP contribution >= 0.6 is 0 Å². The van der Waals surface area contributed by atoms with E-state index in [2.05, 4.69) is 4.90 Å². The highest BCUT2D eigenvalue weighted by molar-refractivity contribution is 5.91. The van der Waals surface area contributed by atoms with Crippen molar-refractivity contribution in [2.75, 3.05) is 11.4 Å². The third-order valence-corrected chi connectivity index (χ3v) is 3.36. The highest BCUT2D eigenvalue weighted by atomic mass is 16.4. The van der Waals surface area contributed by atoms with Crippen LogP contribution in [0.4, 0.5) is 5.88 Å². The molecule has 2 saturated carbocycles. The van der Waals surface area contributed by atoms with Crippen molar-refractivity contribution in [1.29, 1.82) is 0 Å². The van der Waals surface area contributed by atoms with E-state index in [1.165, 1.54) is 25.7 Å². The van der Waals surface area contributed by atoms with Crippen LogP contribution in [0.25, 0.3) is 0 Å². The molecule has 3 nitrogen and oxygen atoms in total. The Labute approximate surface area is 95.4 Å². The first-order chi connectivity index (χ1) is 7.74. The summed E-state index contributed by atoms with van der Waals surface area (Å²) in [5, 5.41) is 0. The van der Waals surface area contributed by atoms with Gasteiger partial charge in [-0.15, -0.1) is 0 Å². The molecule has 0 N–H and O–H groups in total. The molecule has 16 heavy (non-hydrogen) atoms. The van der Waals surface area contributed by atoms with Gasteiger partial charge in [0.1, 0.15) is 0 Å². The molecule has 0 spiro atoms. The van der Waals surface area contributed by atoms with E-state index in [0.29, 0.717) is 11.8 Å². The summed E-state index contributed by atoms with van der Waals surface area (Å²) in [5.41, 5.74) is 0. The van der Waals surface area contributed by atoms with Gasteiger partial charge >= 0.3 is 0 Å². The molecule has 1 heterocycles. The third kappa shape index (κ3) is 1.99. The smallest absolute Gasteiger partial charge is 0.196 e. The Morgan fingerprint density at radius 3 is 2.62 bits per heavy atom. The zero-order valence-electron chi connectivity index (χ0n) is 9.61. The summed E-state index contributed by atoms with van der Waals surface area (Å²) in [7, 11) is 0. The highest BCUT2D eigenvalue weighted by Gasteiger charge is 2.35. The molecule has 0 amide bonds. The van der Waals surface area contributed by atoms with Crippen LogP contribution in [-0.4, -0.2) is 18.4 Å². The van der Waals surface area contributed by atoms with Gasteiger partial charge in [0.25, 0.3) is 0 Å². The zero-order chi connectivity index (χ0) is 11.1. The molecule has 2 aliphatic carbocycles. The van der Waals surface area contributed by atoms with E-state index in [-0.39, 0.29) is 5.78 Å². The minimum Gasteiger partial charge on any atom is -0.437 e. The van der Waals surface area contributed by atoms with Gasteiger partial charge in [0.05, 0.1) is 0 Å². The second-order valence-electron chi connectivity index (χ2n) is 5.02. The van der Waals surface area contributed by atoms with Crippen LogP contribution < -0.4 is 4.90 Å². The van der Waals surface area contributed by atoms with E-state index < -0.39 is 0 Å². The SMILES string of the molecule is CC(=O)c1ccc(N(CC2CC2)C2CC2)o1. The first kappa shape index (κ1) is 9.94. The normalized spacial score (nSPS) is 19.8. The fourth-order valence-electron chi connectivity index (χ4n) is 2.06. The molecule has 3 rings (SSSR count). The molecule has 0 bridgehead atoms. The number of carbonyl (C=O) groups excluding carboxylic acids is 1. The van der Waals surface area contributed by atoms with Gasteiger partial charge in [0, 0.05) is 25.6 Å². The maximum Gasteiger partial charge on any atom is 0.196 e. The van der Waals surface area contributed by atoms with Gasteiger partial charge in [0.2, 0.25) is 0 Å². The summed E-state index contributed by atoms with van der Waals surface area (Å²) in [6.07, 6.45) is 5.23. The van der Waals surface area contributed by atoms with Crippen molar-refractivity contribution in [3.63, 3.8) is 0 Å².